The maximum atomic E-state index is 6.22. The lowest BCUT2D eigenvalue weighted by Gasteiger charge is -2.40. The van der Waals surface area contributed by atoms with Gasteiger partial charge in [0.15, 0.2) is 0 Å². The van der Waals surface area contributed by atoms with Crippen LogP contribution in [-0.4, -0.2) is 54.7 Å². The zero-order valence-corrected chi connectivity index (χ0v) is 20.6. The maximum Gasteiger partial charge on any atom is 0.0994 e. The van der Waals surface area contributed by atoms with Crippen LogP contribution in [0.3, 0.4) is 0 Å². The Morgan fingerprint density at radius 2 is 1.49 bits per heavy atom. The van der Waals surface area contributed by atoms with Gasteiger partial charge in [0.2, 0.25) is 0 Å². The molecule has 4 nitrogen and oxygen atoms in total. The summed E-state index contributed by atoms with van der Waals surface area (Å²) in [5.41, 5.74) is 5.14. The van der Waals surface area contributed by atoms with Crippen molar-refractivity contribution >= 4 is 22.9 Å². The SMILES string of the molecule is Clc1ccc(C2NC3C=CC(c4ccccc4)=CN3C2CN2CCN(c3ccccc3)CC2)cc1. The third-order valence-corrected chi connectivity index (χ3v) is 7.71. The first-order valence-electron chi connectivity index (χ1n) is 12.5. The van der Waals surface area contributed by atoms with Crippen molar-refractivity contribution in [2.75, 3.05) is 37.6 Å². The summed E-state index contributed by atoms with van der Waals surface area (Å²) in [4.78, 5) is 7.66. The molecule has 3 heterocycles. The summed E-state index contributed by atoms with van der Waals surface area (Å²) >= 11 is 6.22. The number of hydrogen-bond acceptors (Lipinski definition) is 4. The van der Waals surface area contributed by atoms with Crippen molar-refractivity contribution in [1.29, 1.82) is 0 Å². The van der Waals surface area contributed by atoms with Crippen molar-refractivity contribution in [1.82, 2.24) is 15.1 Å². The van der Waals surface area contributed by atoms with Gasteiger partial charge in [-0.25, -0.2) is 0 Å². The molecule has 0 aliphatic carbocycles. The first kappa shape index (κ1) is 22.4. The highest BCUT2D eigenvalue weighted by molar-refractivity contribution is 6.30. The lowest BCUT2D eigenvalue weighted by molar-refractivity contribution is 0.180. The highest BCUT2D eigenvalue weighted by Gasteiger charge is 2.41. The molecule has 3 aromatic carbocycles. The molecule has 3 atom stereocenters. The summed E-state index contributed by atoms with van der Waals surface area (Å²) < 4.78 is 0. The van der Waals surface area contributed by atoms with Gasteiger partial charge in [-0.2, -0.15) is 0 Å². The third kappa shape index (κ3) is 4.74. The molecule has 0 spiro atoms. The lowest BCUT2D eigenvalue weighted by Crippen LogP contribution is -2.51. The number of fused-ring (bicyclic) bond motifs is 1. The van der Waals surface area contributed by atoms with E-state index in [0.717, 1.165) is 37.7 Å². The fourth-order valence-corrected chi connectivity index (χ4v) is 5.70. The molecule has 3 unspecified atom stereocenters. The van der Waals surface area contributed by atoms with E-state index in [1.807, 2.05) is 12.1 Å². The van der Waals surface area contributed by atoms with E-state index in [-0.39, 0.29) is 12.2 Å². The molecule has 0 aromatic heterocycles. The lowest BCUT2D eigenvalue weighted by atomic mass is 9.98. The van der Waals surface area contributed by atoms with Gasteiger partial charge in [0.1, 0.15) is 0 Å². The van der Waals surface area contributed by atoms with Crippen molar-refractivity contribution in [2.45, 2.75) is 18.2 Å². The van der Waals surface area contributed by atoms with E-state index in [2.05, 4.69) is 111 Å². The number of allylic oxidation sites excluding steroid dienone is 2. The Kier molecular flexibility index (Phi) is 6.34. The molecule has 2 fully saturated rings. The van der Waals surface area contributed by atoms with Gasteiger partial charge in [-0.15, -0.1) is 0 Å². The fourth-order valence-electron chi connectivity index (χ4n) is 5.57. The van der Waals surface area contributed by atoms with Crippen LogP contribution >= 0.6 is 11.6 Å². The van der Waals surface area contributed by atoms with Crippen LogP contribution in [-0.2, 0) is 0 Å². The third-order valence-electron chi connectivity index (χ3n) is 7.46. The molecule has 35 heavy (non-hydrogen) atoms. The molecule has 3 aliphatic rings. The van der Waals surface area contributed by atoms with Crippen LogP contribution < -0.4 is 10.2 Å². The minimum Gasteiger partial charge on any atom is -0.369 e. The van der Waals surface area contributed by atoms with Crippen molar-refractivity contribution in [3.8, 4) is 0 Å². The van der Waals surface area contributed by atoms with Gasteiger partial charge in [0.25, 0.3) is 0 Å². The Balaban J connectivity index is 1.24. The van der Waals surface area contributed by atoms with Crippen molar-refractivity contribution in [3.63, 3.8) is 0 Å². The van der Waals surface area contributed by atoms with Gasteiger partial charge in [-0.05, 0) is 47.0 Å². The van der Waals surface area contributed by atoms with Crippen molar-refractivity contribution < 1.29 is 0 Å². The number of para-hydroxylation sites is 1. The van der Waals surface area contributed by atoms with Gasteiger partial charge >= 0.3 is 0 Å². The van der Waals surface area contributed by atoms with Gasteiger partial charge in [0.05, 0.1) is 18.2 Å². The average molecular weight is 483 g/mol. The van der Waals surface area contributed by atoms with Gasteiger partial charge in [0, 0.05) is 49.6 Å². The van der Waals surface area contributed by atoms with Crippen LogP contribution in [0.2, 0.25) is 5.02 Å². The van der Waals surface area contributed by atoms with Crippen LogP contribution in [0.4, 0.5) is 5.69 Å². The van der Waals surface area contributed by atoms with E-state index in [4.69, 9.17) is 11.6 Å². The van der Waals surface area contributed by atoms with Crippen LogP contribution in [0.1, 0.15) is 17.2 Å². The monoisotopic (exact) mass is 482 g/mol. The largest absolute Gasteiger partial charge is 0.369 e. The minimum absolute atomic E-state index is 0.193. The zero-order valence-electron chi connectivity index (χ0n) is 19.8. The summed E-state index contributed by atoms with van der Waals surface area (Å²) in [6, 6.07) is 30.4. The first-order chi connectivity index (χ1) is 17.2. The Morgan fingerprint density at radius 3 is 2.20 bits per heavy atom. The molecule has 0 bridgehead atoms. The van der Waals surface area contributed by atoms with Crippen LogP contribution in [0.5, 0.6) is 0 Å². The number of nitrogens with zero attached hydrogens (tertiary/aromatic N) is 3. The number of rotatable bonds is 5. The van der Waals surface area contributed by atoms with E-state index in [1.165, 1.54) is 22.4 Å². The molecule has 3 aliphatic heterocycles. The normalized spacial score (nSPS) is 24.4. The highest BCUT2D eigenvalue weighted by Crippen LogP contribution is 2.35. The van der Waals surface area contributed by atoms with E-state index in [9.17, 15) is 0 Å². The van der Waals surface area contributed by atoms with Gasteiger partial charge in [-0.3, -0.25) is 10.2 Å². The second kappa shape index (κ2) is 9.90. The highest BCUT2D eigenvalue weighted by atomic mass is 35.5. The molecule has 0 saturated carbocycles. The molecule has 0 radical (unpaired) electrons. The Morgan fingerprint density at radius 1 is 0.800 bits per heavy atom. The quantitative estimate of drug-likeness (QED) is 0.524. The smallest absolute Gasteiger partial charge is 0.0994 e. The van der Waals surface area contributed by atoms with Crippen molar-refractivity contribution in [2.24, 2.45) is 0 Å². The molecule has 3 aromatic rings. The second-order valence-corrected chi connectivity index (χ2v) is 10.0. The first-order valence-corrected chi connectivity index (χ1v) is 12.9. The molecule has 1 N–H and O–H groups in total. The Labute approximate surface area is 213 Å². The molecule has 0 amide bonds. The number of halogens is 1. The summed E-state index contributed by atoms with van der Waals surface area (Å²) in [6.45, 7) is 5.28. The van der Waals surface area contributed by atoms with Crippen LogP contribution in [0.25, 0.3) is 5.57 Å². The molecule has 6 rings (SSSR count). The van der Waals surface area contributed by atoms with Crippen molar-refractivity contribution in [3.05, 3.63) is 119 Å². The van der Waals surface area contributed by atoms with Gasteiger partial charge < -0.3 is 9.80 Å². The zero-order chi connectivity index (χ0) is 23.6. The predicted octanol–water partition coefficient (Wildman–Crippen LogP) is 5.41. The standard InChI is InChI=1S/C30H31ClN4/c31-26-14-11-24(12-15-26)30-28(22-33-17-19-34(20-18-33)27-9-5-2-6-10-27)35-21-25(13-16-29(35)32-30)23-7-3-1-4-8-23/h1-16,21,28-30,32H,17-20,22H2. The number of hydrogen-bond donors (Lipinski definition) is 1. The summed E-state index contributed by atoms with van der Waals surface area (Å²) in [5.74, 6) is 0. The van der Waals surface area contributed by atoms with Crippen LogP contribution in [0.15, 0.2) is 103 Å². The minimum atomic E-state index is 0.193. The molecule has 2 saturated heterocycles. The summed E-state index contributed by atoms with van der Waals surface area (Å²) in [6.07, 6.45) is 7.11. The molecular formula is C30H31ClN4. The second-order valence-electron chi connectivity index (χ2n) is 9.59. The van der Waals surface area contributed by atoms with E-state index in [0.29, 0.717) is 6.04 Å². The van der Waals surface area contributed by atoms with E-state index in [1.54, 1.807) is 0 Å². The maximum absolute atomic E-state index is 6.22. The fraction of sp³-hybridized carbons (Fsp3) is 0.267. The van der Waals surface area contributed by atoms with E-state index < -0.39 is 0 Å². The Hall–Kier alpha value is -3.05. The van der Waals surface area contributed by atoms with Gasteiger partial charge in [-0.1, -0.05) is 78.3 Å². The predicted molar refractivity (Wildman–Crippen MR) is 145 cm³/mol. The Bertz CT molecular complexity index is 1180. The molecule has 5 heteroatoms. The molecule has 178 valence electrons. The summed E-state index contributed by atoms with van der Waals surface area (Å²) in [7, 11) is 0. The summed E-state index contributed by atoms with van der Waals surface area (Å²) in [5, 5.41) is 4.67. The van der Waals surface area contributed by atoms with E-state index >= 15 is 0 Å². The number of nitrogens with one attached hydrogen (secondary N) is 1. The number of anilines is 1. The number of piperazine rings is 1. The number of benzene rings is 3. The average Bonchev–Trinajstić information content (AvgIpc) is 3.28. The topological polar surface area (TPSA) is 21.8 Å². The van der Waals surface area contributed by atoms with Crippen LogP contribution in [0, 0.1) is 0 Å². The molecular weight excluding hydrogens is 452 g/mol.